The second-order valence-electron chi connectivity index (χ2n) is 5.27. The third-order valence-corrected chi connectivity index (χ3v) is 3.36. The minimum Gasteiger partial charge on any atom is -0.362 e. The van der Waals surface area contributed by atoms with E-state index >= 15 is 0 Å². The second kappa shape index (κ2) is 5.83. The Hall–Kier alpha value is -1.90. The van der Waals surface area contributed by atoms with Gasteiger partial charge in [-0.3, -0.25) is 0 Å². The van der Waals surface area contributed by atoms with E-state index in [2.05, 4.69) is 66.6 Å². The summed E-state index contributed by atoms with van der Waals surface area (Å²) in [4.78, 5) is 0. The first-order chi connectivity index (χ1) is 9.08. The first kappa shape index (κ1) is 13.5. The lowest BCUT2D eigenvalue weighted by atomic mass is 9.96. The molecule has 0 saturated heterocycles. The Labute approximate surface area is 115 Å². The standard InChI is InChI=1S/C16H21N3/c1-11(2)16(14-8-6-5-7-9-14)17-15-10-12(3)13(4)18-19-15/h5-11,16H,1-4H3,(H,17,19). The Morgan fingerprint density at radius 1 is 1.00 bits per heavy atom. The van der Waals surface area contributed by atoms with Gasteiger partial charge in [0.05, 0.1) is 11.7 Å². The van der Waals surface area contributed by atoms with Crippen molar-refractivity contribution < 1.29 is 0 Å². The molecule has 1 atom stereocenters. The van der Waals surface area contributed by atoms with Crippen molar-refractivity contribution in [2.45, 2.75) is 33.7 Å². The third kappa shape index (κ3) is 3.31. The predicted molar refractivity (Wildman–Crippen MR) is 79.1 cm³/mol. The van der Waals surface area contributed by atoms with Crippen molar-refractivity contribution in [2.24, 2.45) is 5.92 Å². The SMILES string of the molecule is Cc1cc(NC(c2ccccc2)C(C)C)nnc1C. The number of nitrogens with one attached hydrogen (secondary N) is 1. The molecule has 3 nitrogen and oxygen atoms in total. The van der Waals surface area contributed by atoms with Crippen molar-refractivity contribution in [3.8, 4) is 0 Å². The topological polar surface area (TPSA) is 37.8 Å². The minimum absolute atomic E-state index is 0.248. The molecule has 19 heavy (non-hydrogen) atoms. The summed E-state index contributed by atoms with van der Waals surface area (Å²) in [5.41, 5.74) is 3.41. The van der Waals surface area contributed by atoms with E-state index in [9.17, 15) is 0 Å². The van der Waals surface area contributed by atoms with Gasteiger partial charge in [0.2, 0.25) is 0 Å². The van der Waals surface area contributed by atoms with Crippen molar-refractivity contribution in [2.75, 3.05) is 5.32 Å². The second-order valence-corrected chi connectivity index (χ2v) is 5.27. The monoisotopic (exact) mass is 255 g/mol. The Bertz CT molecular complexity index is 535. The molecular weight excluding hydrogens is 234 g/mol. The van der Waals surface area contributed by atoms with Gasteiger partial charge >= 0.3 is 0 Å². The molecule has 0 aliphatic rings. The van der Waals surface area contributed by atoms with Gasteiger partial charge in [0.15, 0.2) is 0 Å². The van der Waals surface area contributed by atoms with Gasteiger partial charge in [-0.1, -0.05) is 44.2 Å². The Morgan fingerprint density at radius 2 is 1.68 bits per heavy atom. The fourth-order valence-corrected chi connectivity index (χ4v) is 2.07. The summed E-state index contributed by atoms with van der Waals surface area (Å²) in [5.74, 6) is 1.32. The van der Waals surface area contributed by atoms with Crippen molar-refractivity contribution in [3.63, 3.8) is 0 Å². The summed E-state index contributed by atoms with van der Waals surface area (Å²) >= 11 is 0. The molecule has 0 bridgehead atoms. The summed E-state index contributed by atoms with van der Waals surface area (Å²) in [6.45, 7) is 8.45. The van der Waals surface area contributed by atoms with Gasteiger partial charge in [-0.25, -0.2) is 0 Å². The molecular formula is C16H21N3. The minimum atomic E-state index is 0.248. The van der Waals surface area contributed by atoms with Gasteiger partial charge in [-0.15, -0.1) is 5.10 Å². The van der Waals surface area contributed by atoms with Crippen LogP contribution in [-0.2, 0) is 0 Å². The molecule has 3 heteroatoms. The number of hydrogen-bond acceptors (Lipinski definition) is 3. The molecule has 100 valence electrons. The van der Waals surface area contributed by atoms with Gasteiger partial charge in [0.1, 0.15) is 5.82 Å². The summed E-state index contributed by atoms with van der Waals surface area (Å²) in [5, 5.41) is 11.9. The Morgan fingerprint density at radius 3 is 2.26 bits per heavy atom. The van der Waals surface area contributed by atoms with Crippen LogP contribution in [0.4, 0.5) is 5.82 Å². The maximum Gasteiger partial charge on any atom is 0.149 e. The maximum absolute atomic E-state index is 4.23. The highest BCUT2D eigenvalue weighted by atomic mass is 15.2. The number of aryl methyl sites for hydroxylation is 2. The normalized spacial score (nSPS) is 12.5. The zero-order valence-corrected chi connectivity index (χ0v) is 12.0. The van der Waals surface area contributed by atoms with Crippen molar-refractivity contribution in [1.29, 1.82) is 0 Å². The summed E-state index contributed by atoms with van der Waals surface area (Å²) < 4.78 is 0. The van der Waals surface area contributed by atoms with Gasteiger partial charge in [-0.2, -0.15) is 5.10 Å². The van der Waals surface area contributed by atoms with Crippen LogP contribution in [0.3, 0.4) is 0 Å². The highest BCUT2D eigenvalue weighted by Gasteiger charge is 2.16. The van der Waals surface area contributed by atoms with Gasteiger partial charge in [0, 0.05) is 0 Å². The predicted octanol–water partition coefficient (Wildman–Crippen LogP) is 3.90. The van der Waals surface area contributed by atoms with Crippen molar-refractivity contribution >= 4 is 5.82 Å². The van der Waals surface area contributed by atoms with E-state index in [1.165, 1.54) is 5.56 Å². The zero-order valence-electron chi connectivity index (χ0n) is 12.0. The quantitative estimate of drug-likeness (QED) is 0.900. The van der Waals surface area contributed by atoms with Gasteiger partial charge < -0.3 is 5.32 Å². The molecule has 1 aromatic heterocycles. The number of hydrogen-bond donors (Lipinski definition) is 1. The molecule has 1 N–H and O–H groups in total. The van der Waals surface area contributed by atoms with Gasteiger partial charge in [0.25, 0.3) is 0 Å². The molecule has 1 unspecified atom stereocenters. The third-order valence-electron chi connectivity index (χ3n) is 3.36. The highest BCUT2D eigenvalue weighted by molar-refractivity contribution is 5.40. The van der Waals surface area contributed by atoms with Gasteiger partial charge in [-0.05, 0) is 37.0 Å². The summed E-state index contributed by atoms with van der Waals surface area (Å²) in [6, 6.07) is 12.8. The average Bonchev–Trinajstić information content (AvgIpc) is 2.40. The van der Waals surface area contributed by atoms with Crippen LogP contribution in [0.5, 0.6) is 0 Å². The van der Waals surface area contributed by atoms with Crippen LogP contribution in [-0.4, -0.2) is 10.2 Å². The van der Waals surface area contributed by atoms with E-state index in [1.54, 1.807) is 0 Å². The molecule has 1 aromatic carbocycles. The highest BCUT2D eigenvalue weighted by Crippen LogP contribution is 2.25. The molecule has 0 aliphatic carbocycles. The summed E-state index contributed by atoms with van der Waals surface area (Å²) in [6.07, 6.45) is 0. The number of nitrogens with zero attached hydrogens (tertiary/aromatic N) is 2. The molecule has 0 saturated carbocycles. The fourth-order valence-electron chi connectivity index (χ4n) is 2.07. The molecule has 0 fully saturated rings. The molecule has 0 spiro atoms. The van der Waals surface area contributed by atoms with Crippen LogP contribution in [0.25, 0.3) is 0 Å². The lowest BCUT2D eigenvalue weighted by Crippen LogP contribution is -2.18. The zero-order chi connectivity index (χ0) is 13.8. The van der Waals surface area contributed by atoms with Crippen molar-refractivity contribution in [3.05, 3.63) is 53.2 Å². The van der Waals surface area contributed by atoms with Crippen LogP contribution in [0.1, 0.15) is 36.7 Å². The number of aromatic nitrogens is 2. The van der Waals surface area contributed by atoms with E-state index in [1.807, 2.05) is 13.0 Å². The number of benzene rings is 1. The van der Waals surface area contributed by atoms with E-state index in [-0.39, 0.29) is 6.04 Å². The largest absolute Gasteiger partial charge is 0.362 e. The van der Waals surface area contributed by atoms with Crippen molar-refractivity contribution in [1.82, 2.24) is 10.2 Å². The average molecular weight is 255 g/mol. The maximum atomic E-state index is 4.23. The smallest absolute Gasteiger partial charge is 0.149 e. The fraction of sp³-hybridized carbons (Fsp3) is 0.375. The Kier molecular flexibility index (Phi) is 4.15. The molecule has 0 radical (unpaired) electrons. The lowest BCUT2D eigenvalue weighted by molar-refractivity contribution is 0.544. The molecule has 2 rings (SSSR count). The number of rotatable bonds is 4. The van der Waals surface area contributed by atoms with E-state index in [4.69, 9.17) is 0 Å². The van der Waals surface area contributed by atoms with Crippen LogP contribution < -0.4 is 5.32 Å². The molecule has 1 heterocycles. The van der Waals surface area contributed by atoms with Crippen LogP contribution in [0.15, 0.2) is 36.4 Å². The first-order valence-electron chi connectivity index (χ1n) is 6.70. The first-order valence-corrected chi connectivity index (χ1v) is 6.70. The lowest BCUT2D eigenvalue weighted by Gasteiger charge is -2.23. The number of anilines is 1. The van der Waals surface area contributed by atoms with E-state index < -0.39 is 0 Å². The Balaban J connectivity index is 2.24. The van der Waals surface area contributed by atoms with Crippen LogP contribution in [0.2, 0.25) is 0 Å². The molecule has 2 aromatic rings. The van der Waals surface area contributed by atoms with E-state index in [0.29, 0.717) is 5.92 Å². The molecule has 0 amide bonds. The van der Waals surface area contributed by atoms with Crippen LogP contribution >= 0.6 is 0 Å². The molecule has 0 aliphatic heterocycles. The summed E-state index contributed by atoms with van der Waals surface area (Å²) in [7, 11) is 0. The van der Waals surface area contributed by atoms with E-state index in [0.717, 1.165) is 17.1 Å². The van der Waals surface area contributed by atoms with Crippen LogP contribution in [0, 0.1) is 19.8 Å².